The summed E-state index contributed by atoms with van der Waals surface area (Å²) in [4.78, 5) is 29.1. The standard InChI is InChI=1S/C24H34N4O2/c1-25-23(29)21(17-19-11-7-5-8-12-19)27(3)15-16-28(4)22(24(30)26-2)18-20-13-9-6-10-14-20/h5-14,21-22H,15-18H2,1-4H3,(H,25,29)(H,26,30)/t21-,22-/m1/s1. The minimum absolute atomic E-state index is 0.00357. The third kappa shape index (κ3) is 6.97. The van der Waals surface area contributed by atoms with Crippen LogP contribution in [-0.4, -0.2) is 75.0 Å². The highest BCUT2D eigenvalue weighted by Crippen LogP contribution is 2.11. The lowest BCUT2D eigenvalue weighted by molar-refractivity contribution is -0.127. The number of carbonyl (C=O) groups is 2. The number of rotatable bonds is 11. The van der Waals surface area contributed by atoms with E-state index >= 15 is 0 Å². The molecule has 0 aromatic heterocycles. The Balaban J connectivity index is 2.02. The largest absolute Gasteiger partial charge is 0.358 e. The topological polar surface area (TPSA) is 64.7 Å². The average molecular weight is 411 g/mol. The van der Waals surface area contributed by atoms with Gasteiger partial charge in [-0.2, -0.15) is 0 Å². The van der Waals surface area contributed by atoms with Gasteiger partial charge in [0.15, 0.2) is 0 Å². The molecular weight excluding hydrogens is 376 g/mol. The minimum atomic E-state index is -0.265. The monoisotopic (exact) mass is 410 g/mol. The van der Waals surface area contributed by atoms with Gasteiger partial charge >= 0.3 is 0 Å². The number of nitrogens with zero attached hydrogens (tertiary/aromatic N) is 2. The summed E-state index contributed by atoms with van der Waals surface area (Å²) in [6, 6.07) is 19.5. The van der Waals surface area contributed by atoms with Crippen molar-refractivity contribution in [3.05, 3.63) is 71.8 Å². The van der Waals surface area contributed by atoms with E-state index in [0.717, 1.165) is 11.1 Å². The summed E-state index contributed by atoms with van der Waals surface area (Å²) in [5, 5.41) is 5.56. The van der Waals surface area contributed by atoms with Crippen LogP contribution in [0.1, 0.15) is 11.1 Å². The number of likely N-dealkylation sites (N-methyl/N-ethyl adjacent to an activating group) is 4. The van der Waals surface area contributed by atoms with Crippen molar-refractivity contribution in [3.8, 4) is 0 Å². The molecule has 0 aliphatic carbocycles. The Morgan fingerprint density at radius 1 is 0.700 bits per heavy atom. The van der Waals surface area contributed by atoms with Gasteiger partial charge in [-0.05, 0) is 38.1 Å². The van der Waals surface area contributed by atoms with Gasteiger partial charge in [-0.1, -0.05) is 60.7 Å². The van der Waals surface area contributed by atoms with Crippen LogP contribution in [0, 0.1) is 0 Å². The van der Waals surface area contributed by atoms with Crippen LogP contribution in [0.25, 0.3) is 0 Å². The summed E-state index contributed by atoms with van der Waals surface area (Å²) in [7, 11) is 7.26. The molecule has 0 aliphatic heterocycles. The van der Waals surface area contributed by atoms with Gasteiger partial charge < -0.3 is 10.6 Å². The predicted molar refractivity (Wildman–Crippen MR) is 121 cm³/mol. The van der Waals surface area contributed by atoms with Crippen molar-refractivity contribution in [1.29, 1.82) is 0 Å². The van der Waals surface area contributed by atoms with Gasteiger partial charge in [-0.25, -0.2) is 0 Å². The number of nitrogens with one attached hydrogen (secondary N) is 2. The maximum Gasteiger partial charge on any atom is 0.237 e. The van der Waals surface area contributed by atoms with Gasteiger partial charge in [0.1, 0.15) is 0 Å². The molecule has 30 heavy (non-hydrogen) atoms. The van der Waals surface area contributed by atoms with E-state index in [0.29, 0.717) is 25.9 Å². The number of hydrogen-bond acceptors (Lipinski definition) is 4. The number of benzene rings is 2. The zero-order valence-electron chi connectivity index (χ0n) is 18.5. The van der Waals surface area contributed by atoms with Gasteiger partial charge in [0.25, 0.3) is 0 Å². The summed E-state index contributed by atoms with van der Waals surface area (Å²) in [5.41, 5.74) is 2.25. The Labute approximate surface area is 180 Å². The van der Waals surface area contributed by atoms with Gasteiger partial charge in [0, 0.05) is 27.2 Å². The Kier molecular flexibility index (Phi) is 9.51. The van der Waals surface area contributed by atoms with Gasteiger partial charge in [0.05, 0.1) is 12.1 Å². The lowest BCUT2D eigenvalue weighted by Gasteiger charge is -2.31. The van der Waals surface area contributed by atoms with E-state index in [1.54, 1.807) is 14.1 Å². The van der Waals surface area contributed by atoms with Crippen molar-refractivity contribution in [3.63, 3.8) is 0 Å². The van der Waals surface area contributed by atoms with Crippen LogP contribution in [0.2, 0.25) is 0 Å². The summed E-state index contributed by atoms with van der Waals surface area (Å²) in [6.45, 7) is 1.34. The van der Waals surface area contributed by atoms with Crippen molar-refractivity contribution < 1.29 is 9.59 Å². The molecule has 2 atom stereocenters. The highest BCUT2D eigenvalue weighted by Gasteiger charge is 2.26. The highest BCUT2D eigenvalue weighted by atomic mass is 16.2. The first-order valence-electron chi connectivity index (χ1n) is 10.4. The fraction of sp³-hybridized carbons (Fsp3) is 0.417. The number of carbonyl (C=O) groups excluding carboxylic acids is 2. The molecule has 2 N–H and O–H groups in total. The lowest BCUT2D eigenvalue weighted by atomic mass is 10.0. The summed E-state index contributed by atoms with van der Waals surface area (Å²) in [6.07, 6.45) is 1.28. The Morgan fingerprint density at radius 2 is 1.03 bits per heavy atom. The van der Waals surface area contributed by atoms with E-state index in [-0.39, 0.29) is 23.9 Å². The fourth-order valence-corrected chi connectivity index (χ4v) is 3.53. The molecule has 2 aromatic carbocycles. The molecule has 6 nitrogen and oxygen atoms in total. The van der Waals surface area contributed by atoms with Crippen molar-refractivity contribution >= 4 is 11.8 Å². The molecular formula is C24H34N4O2. The third-order valence-electron chi connectivity index (χ3n) is 5.51. The first kappa shape index (κ1) is 23.6. The van der Waals surface area contributed by atoms with Crippen molar-refractivity contribution in [1.82, 2.24) is 20.4 Å². The number of amides is 2. The van der Waals surface area contributed by atoms with Crippen LogP contribution in [0.3, 0.4) is 0 Å². The van der Waals surface area contributed by atoms with Crippen LogP contribution in [0.5, 0.6) is 0 Å². The van der Waals surface area contributed by atoms with Gasteiger partial charge in [-0.15, -0.1) is 0 Å². The van der Waals surface area contributed by atoms with Crippen molar-refractivity contribution in [2.45, 2.75) is 24.9 Å². The van der Waals surface area contributed by atoms with E-state index in [2.05, 4.69) is 20.4 Å². The summed E-state index contributed by atoms with van der Waals surface area (Å²) < 4.78 is 0. The van der Waals surface area contributed by atoms with Gasteiger partial charge in [-0.3, -0.25) is 19.4 Å². The second-order valence-electron chi connectivity index (χ2n) is 7.60. The SMILES string of the molecule is CNC(=O)[C@@H](Cc1ccccc1)N(C)CCN(C)[C@H](Cc1ccccc1)C(=O)NC. The lowest BCUT2D eigenvalue weighted by Crippen LogP contribution is -2.51. The normalized spacial score (nSPS) is 13.1. The zero-order chi connectivity index (χ0) is 21.9. The molecule has 0 saturated heterocycles. The van der Waals surface area contributed by atoms with Crippen LogP contribution < -0.4 is 10.6 Å². The van der Waals surface area contributed by atoms with E-state index in [4.69, 9.17) is 0 Å². The van der Waals surface area contributed by atoms with E-state index in [1.807, 2.05) is 74.8 Å². The summed E-state index contributed by atoms with van der Waals surface area (Å²) in [5.74, 6) is -0.00714. The molecule has 2 amide bonds. The fourth-order valence-electron chi connectivity index (χ4n) is 3.53. The molecule has 0 radical (unpaired) electrons. The second kappa shape index (κ2) is 12.1. The van der Waals surface area contributed by atoms with Crippen LogP contribution in [-0.2, 0) is 22.4 Å². The molecule has 0 bridgehead atoms. The zero-order valence-corrected chi connectivity index (χ0v) is 18.5. The minimum Gasteiger partial charge on any atom is -0.358 e. The Hall–Kier alpha value is -2.70. The number of hydrogen-bond donors (Lipinski definition) is 2. The van der Waals surface area contributed by atoms with Crippen LogP contribution in [0.4, 0.5) is 0 Å². The van der Waals surface area contributed by atoms with Crippen LogP contribution in [0.15, 0.2) is 60.7 Å². The average Bonchev–Trinajstić information content (AvgIpc) is 2.79. The molecule has 0 fully saturated rings. The first-order chi connectivity index (χ1) is 14.5. The quantitative estimate of drug-likeness (QED) is 0.590. The van der Waals surface area contributed by atoms with Crippen molar-refractivity contribution in [2.24, 2.45) is 0 Å². The molecule has 2 aromatic rings. The third-order valence-corrected chi connectivity index (χ3v) is 5.51. The smallest absolute Gasteiger partial charge is 0.237 e. The Morgan fingerprint density at radius 3 is 1.33 bits per heavy atom. The molecule has 0 aliphatic rings. The maximum absolute atomic E-state index is 12.5. The highest BCUT2D eigenvalue weighted by molar-refractivity contribution is 5.82. The maximum atomic E-state index is 12.5. The van der Waals surface area contributed by atoms with E-state index < -0.39 is 0 Å². The molecule has 0 spiro atoms. The molecule has 0 saturated carbocycles. The van der Waals surface area contributed by atoms with E-state index in [1.165, 1.54) is 0 Å². The molecule has 162 valence electrons. The second-order valence-corrected chi connectivity index (χ2v) is 7.60. The van der Waals surface area contributed by atoms with E-state index in [9.17, 15) is 9.59 Å². The Bertz CT molecular complexity index is 715. The molecule has 2 rings (SSSR count). The first-order valence-corrected chi connectivity index (χ1v) is 10.4. The van der Waals surface area contributed by atoms with Crippen LogP contribution >= 0.6 is 0 Å². The summed E-state index contributed by atoms with van der Waals surface area (Å²) >= 11 is 0. The molecule has 6 heteroatoms. The molecule has 0 heterocycles. The van der Waals surface area contributed by atoms with Gasteiger partial charge in [0.2, 0.25) is 11.8 Å². The predicted octanol–water partition coefficient (Wildman–Crippen LogP) is 1.56. The molecule has 0 unspecified atom stereocenters. The van der Waals surface area contributed by atoms with Crippen molar-refractivity contribution in [2.75, 3.05) is 41.3 Å².